The minimum Gasteiger partial charge on any atom is -0.497 e. The van der Waals surface area contributed by atoms with Crippen LogP contribution in [0.15, 0.2) is 59.5 Å². The molecule has 0 amide bonds. The lowest BCUT2D eigenvalue weighted by molar-refractivity contribution is 0.251. The van der Waals surface area contributed by atoms with Gasteiger partial charge in [0.25, 0.3) is 0 Å². The summed E-state index contributed by atoms with van der Waals surface area (Å²) >= 11 is 0. The molecule has 0 unspecified atom stereocenters. The van der Waals surface area contributed by atoms with Crippen LogP contribution in [-0.4, -0.2) is 38.1 Å². The van der Waals surface area contributed by atoms with Crippen LogP contribution in [0.1, 0.15) is 5.56 Å². The number of ether oxygens (including phenoxy) is 1. The summed E-state index contributed by atoms with van der Waals surface area (Å²) in [5, 5.41) is 9.18. The fourth-order valence-corrected chi connectivity index (χ4v) is 3.50. The third kappa shape index (κ3) is 3.85. The number of sulfonamides is 1. The van der Waals surface area contributed by atoms with Crippen molar-refractivity contribution in [2.75, 3.05) is 20.3 Å². The molecular weight excluding hydrogens is 302 g/mol. The molecule has 22 heavy (non-hydrogen) atoms. The van der Waals surface area contributed by atoms with E-state index in [1.807, 2.05) is 30.3 Å². The third-order valence-corrected chi connectivity index (χ3v) is 5.11. The van der Waals surface area contributed by atoms with E-state index in [1.54, 1.807) is 12.1 Å². The lowest BCUT2D eigenvalue weighted by Crippen LogP contribution is -2.33. The van der Waals surface area contributed by atoms with Crippen molar-refractivity contribution >= 4 is 10.0 Å². The van der Waals surface area contributed by atoms with Gasteiger partial charge in [-0.3, -0.25) is 0 Å². The molecule has 0 radical (unpaired) electrons. The summed E-state index contributed by atoms with van der Waals surface area (Å²) in [7, 11) is -2.14. The lowest BCUT2D eigenvalue weighted by atomic mass is 10.2. The first kappa shape index (κ1) is 16.5. The van der Waals surface area contributed by atoms with Crippen LogP contribution in [0.2, 0.25) is 0 Å². The fraction of sp³-hybridized carbons (Fsp3) is 0.250. The molecule has 0 aliphatic heterocycles. The Kier molecular flexibility index (Phi) is 5.54. The van der Waals surface area contributed by atoms with Crippen molar-refractivity contribution in [1.82, 2.24) is 4.31 Å². The van der Waals surface area contributed by atoms with Crippen LogP contribution >= 0.6 is 0 Å². The van der Waals surface area contributed by atoms with Gasteiger partial charge in [-0.1, -0.05) is 30.3 Å². The minimum absolute atomic E-state index is 0.0449. The number of hydrogen-bond donors (Lipinski definition) is 1. The molecule has 0 atom stereocenters. The predicted molar refractivity (Wildman–Crippen MR) is 84.1 cm³/mol. The molecule has 2 aromatic rings. The summed E-state index contributed by atoms with van der Waals surface area (Å²) in [4.78, 5) is 0.178. The summed E-state index contributed by atoms with van der Waals surface area (Å²) in [6.07, 6.45) is 0. The van der Waals surface area contributed by atoms with Crippen LogP contribution in [0.4, 0.5) is 0 Å². The summed E-state index contributed by atoms with van der Waals surface area (Å²) < 4.78 is 31.7. The molecule has 118 valence electrons. The van der Waals surface area contributed by atoms with E-state index in [2.05, 4.69) is 0 Å². The maximum Gasteiger partial charge on any atom is 0.243 e. The molecule has 2 aromatic carbocycles. The van der Waals surface area contributed by atoms with Crippen LogP contribution in [-0.2, 0) is 16.6 Å². The molecule has 0 heterocycles. The molecule has 0 aromatic heterocycles. The van der Waals surface area contributed by atoms with Gasteiger partial charge in [-0.25, -0.2) is 8.42 Å². The van der Waals surface area contributed by atoms with Gasteiger partial charge in [-0.15, -0.1) is 0 Å². The maximum atomic E-state index is 12.7. The zero-order chi connectivity index (χ0) is 16.0. The molecule has 5 nitrogen and oxygen atoms in total. The second-order valence-corrected chi connectivity index (χ2v) is 6.66. The van der Waals surface area contributed by atoms with Crippen LogP contribution < -0.4 is 4.74 Å². The van der Waals surface area contributed by atoms with Gasteiger partial charge < -0.3 is 9.84 Å². The fourth-order valence-electron chi connectivity index (χ4n) is 2.08. The minimum atomic E-state index is -3.67. The monoisotopic (exact) mass is 321 g/mol. The van der Waals surface area contributed by atoms with Gasteiger partial charge in [0.15, 0.2) is 0 Å². The largest absolute Gasteiger partial charge is 0.497 e. The van der Waals surface area contributed by atoms with Crippen LogP contribution in [0.25, 0.3) is 0 Å². The van der Waals surface area contributed by atoms with Gasteiger partial charge in [-0.05, 0) is 29.8 Å². The van der Waals surface area contributed by atoms with E-state index >= 15 is 0 Å². The number of benzene rings is 2. The molecule has 1 N–H and O–H groups in total. The van der Waals surface area contributed by atoms with Gasteiger partial charge in [0.2, 0.25) is 10.0 Å². The average molecular weight is 321 g/mol. The highest BCUT2D eigenvalue weighted by molar-refractivity contribution is 7.89. The van der Waals surface area contributed by atoms with E-state index in [0.717, 1.165) is 5.56 Å². The Morgan fingerprint density at radius 1 is 1.05 bits per heavy atom. The molecule has 0 saturated heterocycles. The van der Waals surface area contributed by atoms with Gasteiger partial charge in [0.1, 0.15) is 5.75 Å². The summed E-state index contributed by atoms with van der Waals surface area (Å²) in [6.45, 7) is 0.0290. The Morgan fingerprint density at radius 3 is 2.23 bits per heavy atom. The molecular formula is C16H19NO4S. The number of aliphatic hydroxyl groups excluding tert-OH is 1. The molecule has 0 spiro atoms. The van der Waals surface area contributed by atoms with Crippen molar-refractivity contribution in [2.24, 2.45) is 0 Å². The van der Waals surface area contributed by atoms with E-state index in [0.29, 0.717) is 5.75 Å². The van der Waals surface area contributed by atoms with Crippen LogP contribution in [0.3, 0.4) is 0 Å². The second kappa shape index (κ2) is 7.40. The smallest absolute Gasteiger partial charge is 0.243 e. The summed E-state index contributed by atoms with van der Waals surface area (Å²) in [6, 6.07) is 15.5. The van der Waals surface area contributed by atoms with E-state index in [1.165, 1.54) is 23.5 Å². The summed E-state index contributed by atoms with van der Waals surface area (Å²) in [5.41, 5.74) is 0.869. The first-order chi connectivity index (χ1) is 10.6. The van der Waals surface area contributed by atoms with E-state index in [4.69, 9.17) is 4.74 Å². The molecule has 6 heteroatoms. The molecule has 0 fully saturated rings. The highest BCUT2D eigenvalue weighted by Crippen LogP contribution is 2.21. The maximum absolute atomic E-state index is 12.7. The molecule has 0 aliphatic rings. The highest BCUT2D eigenvalue weighted by atomic mass is 32.2. The van der Waals surface area contributed by atoms with E-state index in [9.17, 15) is 13.5 Å². The normalized spacial score (nSPS) is 11.6. The Hall–Kier alpha value is -1.89. The molecule has 0 bridgehead atoms. The zero-order valence-electron chi connectivity index (χ0n) is 12.3. The van der Waals surface area contributed by atoms with Gasteiger partial charge in [0.05, 0.1) is 18.6 Å². The third-order valence-electron chi connectivity index (χ3n) is 3.25. The Balaban J connectivity index is 2.28. The number of hydrogen-bond acceptors (Lipinski definition) is 4. The number of methoxy groups -OCH3 is 1. The SMILES string of the molecule is COc1ccc(S(=O)(=O)N(CCO)Cc2ccccc2)cc1. The van der Waals surface area contributed by atoms with E-state index < -0.39 is 10.0 Å². The predicted octanol–water partition coefficient (Wildman–Crippen LogP) is 1.88. The quantitative estimate of drug-likeness (QED) is 0.845. The first-order valence-corrected chi connectivity index (χ1v) is 8.31. The molecule has 0 aliphatic carbocycles. The lowest BCUT2D eigenvalue weighted by Gasteiger charge is -2.21. The van der Waals surface area contributed by atoms with Crippen LogP contribution in [0.5, 0.6) is 5.75 Å². The highest BCUT2D eigenvalue weighted by Gasteiger charge is 2.24. The topological polar surface area (TPSA) is 66.8 Å². The Bertz CT molecular complexity index is 684. The van der Waals surface area contributed by atoms with Crippen molar-refractivity contribution in [3.63, 3.8) is 0 Å². The van der Waals surface area contributed by atoms with Crippen molar-refractivity contribution < 1.29 is 18.3 Å². The average Bonchev–Trinajstić information content (AvgIpc) is 2.55. The van der Waals surface area contributed by atoms with Crippen LogP contribution in [0, 0.1) is 0 Å². The first-order valence-electron chi connectivity index (χ1n) is 6.87. The van der Waals surface area contributed by atoms with Crippen molar-refractivity contribution in [3.05, 3.63) is 60.2 Å². The Morgan fingerprint density at radius 2 is 1.68 bits per heavy atom. The van der Waals surface area contributed by atoms with Crippen molar-refractivity contribution in [3.8, 4) is 5.75 Å². The molecule has 2 rings (SSSR count). The number of rotatable bonds is 7. The zero-order valence-corrected chi connectivity index (χ0v) is 13.2. The van der Waals surface area contributed by atoms with Crippen molar-refractivity contribution in [2.45, 2.75) is 11.4 Å². The number of aliphatic hydroxyl groups is 1. The second-order valence-electron chi connectivity index (χ2n) is 4.72. The standard InChI is InChI=1S/C16H19NO4S/c1-21-15-7-9-16(10-8-15)22(19,20)17(11-12-18)13-14-5-3-2-4-6-14/h2-10,18H,11-13H2,1H3. The van der Waals surface area contributed by atoms with Gasteiger partial charge >= 0.3 is 0 Å². The summed E-state index contributed by atoms with van der Waals surface area (Å²) in [5.74, 6) is 0.593. The van der Waals surface area contributed by atoms with E-state index in [-0.39, 0.29) is 24.6 Å². The Labute approximate surface area is 130 Å². The number of nitrogens with zero attached hydrogens (tertiary/aromatic N) is 1. The van der Waals surface area contributed by atoms with Gasteiger partial charge in [0, 0.05) is 13.1 Å². The van der Waals surface area contributed by atoms with Crippen molar-refractivity contribution in [1.29, 1.82) is 0 Å². The van der Waals surface area contributed by atoms with Gasteiger partial charge in [-0.2, -0.15) is 4.31 Å². The molecule has 0 saturated carbocycles.